The van der Waals surface area contributed by atoms with Gasteiger partial charge in [0, 0.05) is 10.9 Å². The van der Waals surface area contributed by atoms with Gasteiger partial charge in [-0.15, -0.1) is 0 Å². The Labute approximate surface area is 240 Å². The third-order valence-corrected chi connectivity index (χ3v) is 8.25. The Morgan fingerprint density at radius 1 is 0.595 bits per heavy atom. The van der Waals surface area contributed by atoms with Crippen LogP contribution in [0.4, 0.5) is 0 Å². The minimum atomic E-state index is -0.402. The first-order valence-corrected chi connectivity index (χ1v) is 14.1. The number of aliphatic imine (C=N–C) groups is 2. The van der Waals surface area contributed by atoms with Crippen molar-refractivity contribution in [3.05, 3.63) is 144 Å². The van der Waals surface area contributed by atoms with E-state index in [4.69, 9.17) is 19.1 Å². The zero-order valence-electron chi connectivity index (χ0n) is 22.5. The molecule has 0 saturated heterocycles. The fourth-order valence-electron chi connectivity index (χ4n) is 6.23. The summed E-state index contributed by atoms with van der Waals surface area (Å²) in [6.07, 6.45) is 1.38. The predicted molar refractivity (Wildman–Crippen MR) is 173 cm³/mol. The van der Waals surface area contributed by atoms with E-state index in [0.717, 1.165) is 50.4 Å². The minimum Gasteiger partial charge on any atom is -0.448 e. The van der Waals surface area contributed by atoms with Gasteiger partial charge >= 0.3 is 11.9 Å². The van der Waals surface area contributed by atoms with E-state index in [-0.39, 0.29) is 0 Å². The van der Waals surface area contributed by atoms with Gasteiger partial charge in [-0.05, 0) is 50.0 Å². The van der Waals surface area contributed by atoms with Crippen molar-refractivity contribution in [3.8, 4) is 0 Å². The van der Waals surface area contributed by atoms with Crippen molar-refractivity contribution in [2.45, 2.75) is 6.17 Å². The molecular formula is C37H23N4O+. The van der Waals surface area contributed by atoms with E-state index in [1.54, 1.807) is 6.21 Å². The second-order valence-electron chi connectivity index (χ2n) is 10.7. The first-order chi connectivity index (χ1) is 20.8. The van der Waals surface area contributed by atoms with Crippen molar-refractivity contribution >= 4 is 66.9 Å². The predicted octanol–water partition coefficient (Wildman–Crippen LogP) is 7.33. The second-order valence-corrected chi connectivity index (χ2v) is 10.7. The average Bonchev–Trinajstić information content (AvgIpc) is 3.64. The van der Waals surface area contributed by atoms with Crippen LogP contribution in [0.1, 0.15) is 28.6 Å². The Kier molecular flexibility index (Phi) is 4.85. The van der Waals surface area contributed by atoms with E-state index in [1.165, 1.54) is 26.9 Å². The molecule has 0 amide bonds. The highest BCUT2D eigenvalue weighted by molar-refractivity contribution is 6.53. The number of nitrogens with zero attached hydrogens (tertiary/aromatic N) is 3. The third-order valence-electron chi connectivity index (χ3n) is 8.25. The molecule has 3 heterocycles. The van der Waals surface area contributed by atoms with Crippen LogP contribution in [0, 0.1) is 0 Å². The number of nitrogens with one attached hydrogen (secondary N) is 1. The maximum Gasteiger partial charge on any atom is 0.381 e. The summed E-state index contributed by atoms with van der Waals surface area (Å²) in [5, 5.41) is 12.0. The smallest absolute Gasteiger partial charge is 0.381 e. The maximum absolute atomic E-state index is 6.08. The molecular weight excluding hydrogens is 516 g/mol. The molecule has 1 aromatic heterocycles. The van der Waals surface area contributed by atoms with Crippen LogP contribution >= 0.6 is 0 Å². The van der Waals surface area contributed by atoms with Gasteiger partial charge in [0.25, 0.3) is 0 Å². The van der Waals surface area contributed by atoms with Gasteiger partial charge in [0.1, 0.15) is 17.0 Å². The van der Waals surface area contributed by atoms with Crippen molar-refractivity contribution in [1.82, 2.24) is 9.98 Å². The van der Waals surface area contributed by atoms with Crippen LogP contribution in [0.3, 0.4) is 0 Å². The lowest BCUT2D eigenvalue weighted by atomic mass is 9.96. The van der Waals surface area contributed by atoms with Crippen molar-refractivity contribution in [3.63, 3.8) is 0 Å². The standard InChI is InChI=1S/C37H23N4O/c1-2-9-23(10-3-1)35-39-36(41-37(40-35)34-33-30-12-6-7-13-31(30)42-32(33)21-38-34)25-16-17-27-24(20-25)15-19-28-26-11-5-4-8-22(26)14-18-29(27)28/h1-21,35H,(H,39,40,41)/q+1. The third kappa shape index (κ3) is 3.48. The molecule has 0 saturated carbocycles. The molecule has 0 radical (unpaired) electrons. The van der Waals surface area contributed by atoms with E-state index < -0.39 is 6.17 Å². The van der Waals surface area contributed by atoms with Crippen LogP contribution in [0.5, 0.6) is 0 Å². The fraction of sp³-hybridized carbons (Fsp3) is 0.0270. The van der Waals surface area contributed by atoms with Crippen molar-refractivity contribution in [2.75, 3.05) is 0 Å². The van der Waals surface area contributed by atoms with Crippen molar-refractivity contribution in [2.24, 2.45) is 9.98 Å². The molecule has 0 fully saturated rings. The lowest BCUT2D eigenvalue weighted by molar-refractivity contribution is 0.608. The molecule has 0 bridgehead atoms. The van der Waals surface area contributed by atoms with Crippen LogP contribution in [0.2, 0.25) is 0 Å². The van der Waals surface area contributed by atoms with E-state index in [0.29, 0.717) is 5.84 Å². The summed E-state index contributed by atoms with van der Waals surface area (Å²) >= 11 is 0. The summed E-state index contributed by atoms with van der Waals surface area (Å²) in [6, 6.07) is 42.2. The van der Waals surface area contributed by atoms with Crippen molar-refractivity contribution < 1.29 is 4.42 Å². The van der Waals surface area contributed by atoms with E-state index in [9.17, 15) is 0 Å². The maximum atomic E-state index is 6.08. The number of furan rings is 1. The summed E-state index contributed by atoms with van der Waals surface area (Å²) < 4.78 is 10.8. The molecule has 42 heavy (non-hydrogen) atoms. The van der Waals surface area contributed by atoms with Gasteiger partial charge in [-0.1, -0.05) is 114 Å². The lowest BCUT2D eigenvalue weighted by Gasteiger charge is -2.20. The van der Waals surface area contributed by atoms with Gasteiger partial charge < -0.3 is 9.73 Å². The number of amidine groups is 2. The summed E-state index contributed by atoms with van der Waals surface area (Å²) in [4.78, 5) is 10.1. The molecule has 2 aliphatic heterocycles. The van der Waals surface area contributed by atoms with Crippen LogP contribution in [0.15, 0.2) is 136 Å². The number of rotatable bonds is 3. The molecule has 1 unspecified atom stereocenters. The van der Waals surface area contributed by atoms with Gasteiger partial charge in [0.15, 0.2) is 6.17 Å². The van der Waals surface area contributed by atoms with Gasteiger partial charge in [-0.25, -0.2) is 9.98 Å². The lowest BCUT2D eigenvalue weighted by Crippen LogP contribution is -2.41. The molecule has 1 atom stereocenters. The summed E-state index contributed by atoms with van der Waals surface area (Å²) in [6.45, 7) is 0. The molecule has 9 rings (SSSR count). The second kappa shape index (κ2) is 8.87. The highest BCUT2D eigenvalue weighted by Crippen LogP contribution is 2.33. The van der Waals surface area contributed by atoms with E-state index in [2.05, 4.69) is 90.2 Å². The molecule has 6 aromatic carbocycles. The minimum absolute atomic E-state index is 0.402. The van der Waals surface area contributed by atoms with E-state index >= 15 is 0 Å². The van der Waals surface area contributed by atoms with E-state index in [1.807, 2.05) is 36.4 Å². The molecule has 0 aliphatic carbocycles. The molecule has 7 aromatic rings. The number of hydrogen-bond donors (Lipinski definition) is 1. The highest BCUT2D eigenvalue weighted by Gasteiger charge is 2.37. The topological polar surface area (TPSA) is 64.0 Å². The summed E-state index contributed by atoms with van der Waals surface area (Å²) in [5.74, 6) is 2.19. The molecule has 196 valence electrons. The Morgan fingerprint density at radius 2 is 1.29 bits per heavy atom. The number of benzene rings is 6. The molecule has 1 N–H and O–H groups in total. The Hall–Kier alpha value is -5.77. The van der Waals surface area contributed by atoms with Crippen LogP contribution in [-0.4, -0.2) is 23.6 Å². The average molecular weight is 540 g/mol. The molecule has 2 aliphatic rings. The normalized spacial score (nSPS) is 16.0. The van der Waals surface area contributed by atoms with Gasteiger partial charge in [-0.3, -0.25) is 0 Å². The number of para-hydroxylation sites is 1. The highest BCUT2D eigenvalue weighted by atomic mass is 16.3. The number of fused-ring (bicyclic) bond motifs is 8. The van der Waals surface area contributed by atoms with Crippen molar-refractivity contribution in [1.29, 1.82) is 0 Å². The quantitative estimate of drug-likeness (QED) is 0.189. The monoisotopic (exact) mass is 539 g/mol. The van der Waals surface area contributed by atoms with Crippen LogP contribution < -0.4 is 9.98 Å². The molecule has 0 spiro atoms. The Balaban J connectivity index is 1.17. The Morgan fingerprint density at radius 3 is 2.17 bits per heavy atom. The molecule has 5 nitrogen and oxygen atoms in total. The fourth-order valence-corrected chi connectivity index (χ4v) is 6.23. The first-order valence-electron chi connectivity index (χ1n) is 14.1. The van der Waals surface area contributed by atoms with Gasteiger partial charge in [0.2, 0.25) is 11.6 Å². The number of hydrogen-bond acceptors (Lipinski definition) is 4. The summed E-state index contributed by atoms with van der Waals surface area (Å²) in [5.41, 5.74) is 4.58. The summed E-state index contributed by atoms with van der Waals surface area (Å²) in [7, 11) is 0. The van der Waals surface area contributed by atoms with Gasteiger partial charge in [-0.2, -0.15) is 0 Å². The first kappa shape index (κ1) is 23.0. The SMILES string of the molecule is C1=[N+]=C(C2=NC(c3ccccc3)N=C(c3ccc4c(ccc5c6ccccc6ccc45)c3)N2)c2c1oc1ccccc21. The van der Waals surface area contributed by atoms with Crippen LogP contribution in [0.25, 0.3) is 43.3 Å². The Bertz CT molecular complexity index is 2370. The largest absolute Gasteiger partial charge is 0.448 e. The van der Waals surface area contributed by atoms with Crippen LogP contribution in [-0.2, 0) is 0 Å². The van der Waals surface area contributed by atoms with Gasteiger partial charge in [0.05, 0.1) is 0 Å². The molecule has 5 heteroatoms. The zero-order chi connectivity index (χ0) is 27.6. The zero-order valence-corrected chi connectivity index (χ0v) is 22.5.